The van der Waals surface area contributed by atoms with Gasteiger partial charge in [0.2, 0.25) is 5.91 Å². The van der Waals surface area contributed by atoms with Gasteiger partial charge in [-0.2, -0.15) is 0 Å². The van der Waals surface area contributed by atoms with Crippen LogP contribution in [0.15, 0.2) is 28.7 Å². The number of benzene rings is 1. The molecule has 1 aromatic rings. The van der Waals surface area contributed by atoms with Crippen LogP contribution in [-0.2, 0) is 4.79 Å². The number of carbonyl (C=O) groups excluding carboxylic acids is 2. The van der Waals surface area contributed by atoms with Gasteiger partial charge in [-0.15, -0.1) is 0 Å². The zero-order valence-corrected chi connectivity index (χ0v) is 12.7. The van der Waals surface area contributed by atoms with Gasteiger partial charge in [-0.25, -0.2) is 0 Å². The first kappa shape index (κ1) is 15.7. The van der Waals surface area contributed by atoms with E-state index in [1.54, 1.807) is 30.1 Å². The Morgan fingerprint density at radius 1 is 1.37 bits per heavy atom. The molecular formula is C13H18BrN3O2. The number of likely N-dealkylation sites (N-methyl/N-ethyl adjacent to an activating group) is 2. The third-order valence-corrected chi connectivity index (χ3v) is 3.10. The Bertz CT molecular complexity index is 451. The van der Waals surface area contributed by atoms with Gasteiger partial charge in [0.15, 0.2) is 0 Å². The highest BCUT2D eigenvalue weighted by molar-refractivity contribution is 9.10. The number of carbonyl (C=O) groups is 2. The SMILES string of the molecule is CNCCN(C)C(=O)CNC(=O)c1cccc(Br)c1. The summed E-state index contributed by atoms with van der Waals surface area (Å²) >= 11 is 3.30. The first-order valence-electron chi connectivity index (χ1n) is 5.97. The summed E-state index contributed by atoms with van der Waals surface area (Å²) in [4.78, 5) is 25.1. The van der Waals surface area contributed by atoms with E-state index in [1.165, 1.54) is 0 Å². The van der Waals surface area contributed by atoms with Gasteiger partial charge in [0.1, 0.15) is 0 Å². The fraction of sp³-hybridized carbons (Fsp3) is 0.385. The molecule has 0 aromatic heterocycles. The third kappa shape index (κ3) is 5.40. The molecule has 0 radical (unpaired) electrons. The maximum Gasteiger partial charge on any atom is 0.251 e. The fourth-order valence-electron chi connectivity index (χ4n) is 1.43. The van der Waals surface area contributed by atoms with Crippen molar-refractivity contribution in [3.63, 3.8) is 0 Å². The zero-order chi connectivity index (χ0) is 14.3. The van der Waals surface area contributed by atoms with E-state index >= 15 is 0 Å². The highest BCUT2D eigenvalue weighted by Gasteiger charge is 2.11. The maximum atomic E-state index is 11.8. The molecule has 0 heterocycles. The molecule has 19 heavy (non-hydrogen) atoms. The molecule has 1 rings (SSSR count). The minimum atomic E-state index is -0.253. The lowest BCUT2D eigenvalue weighted by Crippen LogP contribution is -2.40. The van der Waals surface area contributed by atoms with Crippen LogP contribution in [0.2, 0.25) is 0 Å². The molecule has 1 aromatic carbocycles. The Hall–Kier alpha value is -1.40. The Kier molecular flexibility index (Phi) is 6.52. The van der Waals surface area contributed by atoms with E-state index in [0.717, 1.165) is 11.0 Å². The predicted octanol–water partition coefficient (Wildman–Crippen LogP) is 0.857. The third-order valence-electron chi connectivity index (χ3n) is 2.61. The molecule has 0 atom stereocenters. The standard InChI is InChI=1S/C13H18BrN3O2/c1-15-6-7-17(2)12(18)9-16-13(19)10-4-3-5-11(14)8-10/h3-5,8,15H,6-7,9H2,1-2H3,(H,16,19). The number of amides is 2. The molecule has 6 heteroatoms. The van der Waals surface area contributed by atoms with Crippen LogP contribution in [0.3, 0.4) is 0 Å². The summed E-state index contributed by atoms with van der Waals surface area (Å²) in [5.74, 6) is -0.365. The van der Waals surface area contributed by atoms with Crippen molar-refractivity contribution in [2.24, 2.45) is 0 Å². The van der Waals surface area contributed by atoms with E-state index in [1.807, 2.05) is 13.1 Å². The number of hydrogen-bond acceptors (Lipinski definition) is 3. The molecule has 2 amide bonds. The summed E-state index contributed by atoms with van der Waals surface area (Å²) in [7, 11) is 3.54. The van der Waals surface area contributed by atoms with Crippen molar-refractivity contribution < 1.29 is 9.59 Å². The van der Waals surface area contributed by atoms with Gasteiger partial charge in [-0.3, -0.25) is 9.59 Å². The van der Waals surface area contributed by atoms with Crippen molar-refractivity contribution in [1.29, 1.82) is 0 Å². The largest absolute Gasteiger partial charge is 0.343 e. The predicted molar refractivity (Wildman–Crippen MR) is 78.0 cm³/mol. The number of halogens is 1. The van der Waals surface area contributed by atoms with Crippen molar-refractivity contribution in [3.8, 4) is 0 Å². The molecule has 0 unspecified atom stereocenters. The van der Waals surface area contributed by atoms with Crippen molar-refractivity contribution in [1.82, 2.24) is 15.5 Å². The van der Waals surface area contributed by atoms with Crippen LogP contribution in [0.5, 0.6) is 0 Å². The summed E-state index contributed by atoms with van der Waals surface area (Å²) in [6, 6.07) is 7.03. The molecule has 0 aliphatic heterocycles. The van der Waals surface area contributed by atoms with Crippen molar-refractivity contribution in [2.45, 2.75) is 0 Å². The van der Waals surface area contributed by atoms with Gasteiger partial charge >= 0.3 is 0 Å². The highest BCUT2D eigenvalue weighted by atomic mass is 79.9. The number of nitrogens with zero attached hydrogens (tertiary/aromatic N) is 1. The minimum absolute atomic E-state index is 0.00552. The van der Waals surface area contributed by atoms with Crippen LogP contribution in [0.25, 0.3) is 0 Å². The van der Waals surface area contributed by atoms with Crippen LogP contribution in [0, 0.1) is 0 Å². The molecular weight excluding hydrogens is 310 g/mol. The molecule has 0 saturated carbocycles. The number of rotatable bonds is 6. The Morgan fingerprint density at radius 3 is 2.74 bits per heavy atom. The van der Waals surface area contributed by atoms with Gasteiger partial charge in [0.05, 0.1) is 6.54 Å². The van der Waals surface area contributed by atoms with Crippen LogP contribution in [0.1, 0.15) is 10.4 Å². The van der Waals surface area contributed by atoms with Gasteiger partial charge in [-0.1, -0.05) is 22.0 Å². The summed E-state index contributed by atoms with van der Waals surface area (Å²) in [5.41, 5.74) is 0.528. The molecule has 104 valence electrons. The van der Waals surface area contributed by atoms with E-state index in [4.69, 9.17) is 0 Å². The normalized spacial score (nSPS) is 10.1. The van der Waals surface area contributed by atoms with E-state index in [-0.39, 0.29) is 18.4 Å². The lowest BCUT2D eigenvalue weighted by Gasteiger charge is -2.17. The van der Waals surface area contributed by atoms with E-state index < -0.39 is 0 Å². The molecule has 0 bridgehead atoms. The second-order valence-electron chi connectivity index (χ2n) is 4.11. The van der Waals surface area contributed by atoms with Gasteiger partial charge < -0.3 is 15.5 Å². The second kappa shape index (κ2) is 7.91. The smallest absolute Gasteiger partial charge is 0.251 e. The van der Waals surface area contributed by atoms with Crippen molar-refractivity contribution >= 4 is 27.7 Å². The first-order chi connectivity index (χ1) is 9.04. The van der Waals surface area contributed by atoms with Crippen LogP contribution >= 0.6 is 15.9 Å². The van der Waals surface area contributed by atoms with Crippen LogP contribution < -0.4 is 10.6 Å². The zero-order valence-electron chi connectivity index (χ0n) is 11.1. The maximum absolute atomic E-state index is 11.8. The average Bonchev–Trinajstić information content (AvgIpc) is 2.41. The fourth-order valence-corrected chi connectivity index (χ4v) is 1.83. The van der Waals surface area contributed by atoms with Crippen molar-refractivity contribution in [2.75, 3.05) is 33.7 Å². The first-order valence-corrected chi connectivity index (χ1v) is 6.76. The minimum Gasteiger partial charge on any atom is -0.343 e. The lowest BCUT2D eigenvalue weighted by atomic mass is 10.2. The molecule has 5 nitrogen and oxygen atoms in total. The van der Waals surface area contributed by atoms with E-state index in [0.29, 0.717) is 12.1 Å². The van der Waals surface area contributed by atoms with Crippen molar-refractivity contribution in [3.05, 3.63) is 34.3 Å². The van der Waals surface area contributed by atoms with Crippen LogP contribution in [-0.4, -0.2) is 50.4 Å². The molecule has 0 saturated heterocycles. The van der Waals surface area contributed by atoms with Gasteiger partial charge in [-0.05, 0) is 25.2 Å². The topological polar surface area (TPSA) is 61.4 Å². The molecule has 0 aliphatic rings. The Labute approximate surface area is 121 Å². The summed E-state index contributed by atoms with van der Waals surface area (Å²) in [6.45, 7) is 1.34. The summed E-state index contributed by atoms with van der Waals surface area (Å²) < 4.78 is 0.831. The van der Waals surface area contributed by atoms with E-state index in [9.17, 15) is 9.59 Å². The molecule has 0 fully saturated rings. The quantitative estimate of drug-likeness (QED) is 0.814. The number of nitrogens with one attached hydrogen (secondary N) is 2. The Morgan fingerprint density at radius 2 is 2.11 bits per heavy atom. The van der Waals surface area contributed by atoms with Crippen LogP contribution in [0.4, 0.5) is 0 Å². The average molecular weight is 328 g/mol. The summed E-state index contributed by atoms with van der Waals surface area (Å²) in [5, 5.41) is 5.58. The van der Waals surface area contributed by atoms with Gasteiger partial charge in [0.25, 0.3) is 5.91 Å². The highest BCUT2D eigenvalue weighted by Crippen LogP contribution is 2.11. The Balaban J connectivity index is 2.44. The van der Waals surface area contributed by atoms with E-state index in [2.05, 4.69) is 26.6 Å². The summed E-state index contributed by atoms with van der Waals surface area (Å²) in [6.07, 6.45) is 0. The molecule has 2 N–H and O–H groups in total. The molecule has 0 aliphatic carbocycles. The number of hydrogen-bond donors (Lipinski definition) is 2. The lowest BCUT2D eigenvalue weighted by molar-refractivity contribution is -0.128. The second-order valence-corrected chi connectivity index (χ2v) is 5.03. The monoisotopic (exact) mass is 327 g/mol. The molecule has 0 spiro atoms. The van der Waals surface area contributed by atoms with Gasteiger partial charge in [0, 0.05) is 30.2 Å².